The van der Waals surface area contributed by atoms with Crippen LogP contribution in [0.2, 0.25) is 0 Å². The van der Waals surface area contributed by atoms with Crippen LogP contribution < -0.4 is 5.32 Å². The number of halogens is 1. The molecule has 0 atom stereocenters. The smallest absolute Gasteiger partial charge is 0.138 e. The van der Waals surface area contributed by atoms with Crippen LogP contribution >= 0.6 is 0 Å². The quantitative estimate of drug-likeness (QED) is 0.793. The van der Waals surface area contributed by atoms with Crippen LogP contribution in [0.15, 0.2) is 42.7 Å². The molecule has 0 saturated carbocycles. The van der Waals surface area contributed by atoms with E-state index in [0.717, 1.165) is 10.9 Å². The Morgan fingerprint density at radius 2 is 2.00 bits per heavy atom. The lowest BCUT2D eigenvalue weighted by atomic mass is 10.2. The molecule has 1 N–H and O–H groups in total. The van der Waals surface area contributed by atoms with Crippen LogP contribution in [0.3, 0.4) is 0 Å². The summed E-state index contributed by atoms with van der Waals surface area (Å²) in [5, 5.41) is 4.04. The monoisotopic (exact) mass is 268 g/mol. The van der Waals surface area contributed by atoms with E-state index < -0.39 is 0 Å². The fourth-order valence-corrected chi connectivity index (χ4v) is 2.05. The van der Waals surface area contributed by atoms with Crippen LogP contribution in [0.25, 0.3) is 10.9 Å². The van der Waals surface area contributed by atoms with E-state index in [1.807, 2.05) is 19.1 Å². The van der Waals surface area contributed by atoms with Gasteiger partial charge in [-0.2, -0.15) is 0 Å². The van der Waals surface area contributed by atoms with Gasteiger partial charge in [0.15, 0.2) is 0 Å². The summed E-state index contributed by atoms with van der Waals surface area (Å²) in [7, 11) is 0. The summed E-state index contributed by atoms with van der Waals surface area (Å²) in [4.78, 5) is 12.7. The average molecular weight is 268 g/mol. The highest BCUT2D eigenvalue weighted by Crippen LogP contribution is 2.20. The number of hydrogen-bond donors (Lipinski definition) is 1. The third-order valence-corrected chi connectivity index (χ3v) is 3.02. The minimum atomic E-state index is -0.225. The Kier molecular flexibility index (Phi) is 3.25. The number of fused-ring (bicyclic) bond motifs is 1. The molecule has 4 nitrogen and oxygen atoms in total. The lowest BCUT2D eigenvalue weighted by molar-refractivity contribution is 0.613. The Balaban J connectivity index is 1.93. The number of aromatic nitrogens is 3. The van der Waals surface area contributed by atoms with Gasteiger partial charge >= 0.3 is 0 Å². The molecule has 0 unspecified atom stereocenters. The third kappa shape index (κ3) is 2.42. The van der Waals surface area contributed by atoms with Gasteiger partial charge in [0, 0.05) is 23.7 Å². The first kappa shape index (κ1) is 12.5. The van der Waals surface area contributed by atoms with Gasteiger partial charge in [-0.25, -0.2) is 14.4 Å². The molecule has 0 amide bonds. The van der Waals surface area contributed by atoms with Crippen LogP contribution in [0.5, 0.6) is 0 Å². The van der Waals surface area contributed by atoms with Gasteiger partial charge in [0.2, 0.25) is 0 Å². The summed E-state index contributed by atoms with van der Waals surface area (Å²) in [6, 6.07) is 8.53. The zero-order chi connectivity index (χ0) is 13.9. The molecule has 0 bridgehead atoms. The van der Waals surface area contributed by atoms with E-state index in [0.29, 0.717) is 23.8 Å². The third-order valence-electron chi connectivity index (χ3n) is 3.02. The van der Waals surface area contributed by atoms with Crippen molar-refractivity contribution in [3.63, 3.8) is 0 Å². The molecule has 3 rings (SSSR count). The maximum atomic E-state index is 13.6. The van der Waals surface area contributed by atoms with E-state index in [-0.39, 0.29) is 5.82 Å². The second kappa shape index (κ2) is 5.21. The zero-order valence-corrected chi connectivity index (χ0v) is 11.0. The molecular formula is C15H13FN4. The average Bonchev–Trinajstić information content (AvgIpc) is 2.46. The van der Waals surface area contributed by atoms with Crippen LogP contribution in [0.4, 0.5) is 10.2 Å². The Morgan fingerprint density at radius 3 is 2.85 bits per heavy atom. The van der Waals surface area contributed by atoms with Crippen LogP contribution in [-0.4, -0.2) is 15.0 Å². The Bertz CT molecular complexity index is 758. The van der Waals surface area contributed by atoms with Gasteiger partial charge in [-0.05, 0) is 19.1 Å². The summed E-state index contributed by atoms with van der Waals surface area (Å²) < 4.78 is 13.6. The summed E-state index contributed by atoms with van der Waals surface area (Å²) in [6.45, 7) is 2.20. The summed E-state index contributed by atoms with van der Waals surface area (Å²) in [5.41, 5.74) is 1.38. The Hall–Kier alpha value is -2.56. The second-order valence-electron chi connectivity index (χ2n) is 4.46. The minimum absolute atomic E-state index is 0.225. The van der Waals surface area contributed by atoms with Crippen LogP contribution in [-0.2, 0) is 6.54 Å². The normalized spacial score (nSPS) is 10.7. The minimum Gasteiger partial charge on any atom is -0.365 e. The van der Waals surface area contributed by atoms with E-state index in [1.54, 1.807) is 24.5 Å². The van der Waals surface area contributed by atoms with Crippen molar-refractivity contribution in [1.29, 1.82) is 0 Å². The summed E-state index contributed by atoms with van der Waals surface area (Å²) in [6.07, 6.45) is 3.38. The van der Waals surface area contributed by atoms with Gasteiger partial charge < -0.3 is 5.32 Å². The topological polar surface area (TPSA) is 50.7 Å². The van der Waals surface area contributed by atoms with E-state index in [1.165, 1.54) is 6.07 Å². The second-order valence-corrected chi connectivity index (χ2v) is 4.46. The molecule has 2 heterocycles. The molecule has 5 heteroatoms. The number of pyridine rings is 1. The molecular weight excluding hydrogens is 255 g/mol. The molecule has 0 aliphatic rings. The highest BCUT2D eigenvalue weighted by atomic mass is 19.1. The highest BCUT2D eigenvalue weighted by molar-refractivity contribution is 5.88. The van der Waals surface area contributed by atoms with Gasteiger partial charge in [0.05, 0.1) is 11.7 Å². The van der Waals surface area contributed by atoms with Gasteiger partial charge in [-0.15, -0.1) is 0 Å². The molecule has 3 aromatic rings. The fraction of sp³-hybridized carbons (Fsp3) is 0.133. The maximum Gasteiger partial charge on any atom is 0.138 e. The number of benzene rings is 1. The number of nitrogens with one attached hydrogen (secondary N) is 1. The van der Waals surface area contributed by atoms with Gasteiger partial charge in [-0.3, -0.25) is 4.98 Å². The van der Waals surface area contributed by atoms with E-state index in [2.05, 4.69) is 20.3 Å². The number of anilines is 1. The van der Waals surface area contributed by atoms with Crippen molar-refractivity contribution in [2.75, 3.05) is 5.32 Å². The molecule has 100 valence electrons. The SMILES string of the molecule is Cc1nc(NCc2ccccc2F)c2ccncc2n1. The van der Waals surface area contributed by atoms with E-state index in [4.69, 9.17) is 0 Å². The number of hydrogen-bond acceptors (Lipinski definition) is 4. The van der Waals surface area contributed by atoms with Crippen LogP contribution in [0.1, 0.15) is 11.4 Å². The van der Waals surface area contributed by atoms with Crippen molar-refractivity contribution in [2.45, 2.75) is 13.5 Å². The van der Waals surface area contributed by atoms with Gasteiger partial charge in [0.1, 0.15) is 17.5 Å². The lowest BCUT2D eigenvalue weighted by Gasteiger charge is -2.09. The van der Waals surface area contributed by atoms with Crippen molar-refractivity contribution in [3.05, 3.63) is 59.9 Å². The standard InChI is InChI=1S/C15H13FN4/c1-10-19-14-9-17-7-6-12(14)15(20-10)18-8-11-4-2-3-5-13(11)16/h2-7,9H,8H2,1H3,(H,18,19,20). The predicted octanol–water partition coefficient (Wildman–Crippen LogP) is 3.08. The Labute approximate surface area is 115 Å². The van der Waals surface area contributed by atoms with Crippen molar-refractivity contribution < 1.29 is 4.39 Å². The van der Waals surface area contributed by atoms with E-state index >= 15 is 0 Å². The fourth-order valence-electron chi connectivity index (χ4n) is 2.05. The predicted molar refractivity (Wildman–Crippen MR) is 75.8 cm³/mol. The first-order chi connectivity index (χ1) is 9.74. The molecule has 0 aliphatic heterocycles. The highest BCUT2D eigenvalue weighted by Gasteiger charge is 2.06. The molecule has 0 fully saturated rings. The number of aryl methyl sites for hydroxylation is 1. The molecule has 0 spiro atoms. The zero-order valence-electron chi connectivity index (χ0n) is 11.0. The van der Waals surface area contributed by atoms with Crippen molar-refractivity contribution in [3.8, 4) is 0 Å². The van der Waals surface area contributed by atoms with Crippen molar-refractivity contribution in [2.24, 2.45) is 0 Å². The van der Waals surface area contributed by atoms with Crippen LogP contribution in [0, 0.1) is 12.7 Å². The molecule has 0 aliphatic carbocycles. The van der Waals surface area contributed by atoms with Crippen molar-refractivity contribution >= 4 is 16.7 Å². The number of nitrogens with zero attached hydrogens (tertiary/aromatic N) is 3. The lowest BCUT2D eigenvalue weighted by Crippen LogP contribution is -2.05. The largest absolute Gasteiger partial charge is 0.365 e. The van der Waals surface area contributed by atoms with Gasteiger partial charge in [-0.1, -0.05) is 18.2 Å². The summed E-state index contributed by atoms with van der Waals surface area (Å²) >= 11 is 0. The molecule has 0 saturated heterocycles. The molecule has 0 radical (unpaired) electrons. The first-order valence-electron chi connectivity index (χ1n) is 6.29. The molecule has 1 aromatic carbocycles. The maximum absolute atomic E-state index is 13.6. The molecule has 20 heavy (non-hydrogen) atoms. The molecule has 2 aromatic heterocycles. The summed E-state index contributed by atoms with van der Waals surface area (Å²) in [5.74, 6) is 1.12. The Morgan fingerprint density at radius 1 is 1.15 bits per heavy atom. The van der Waals surface area contributed by atoms with Crippen molar-refractivity contribution in [1.82, 2.24) is 15.0 Å². The first-order valence-corrected chi connectivity index (χ1v) is 6.29. The van der Waals surface area contributed by atoms with E-state index in [9.17, 15) is 4.39 Å². The number of rotatable bonds is 3. The van der Waals surface area contributed by atoms with Gasteiger partial charge in [0.25, 0.3) is 0 Å².